The van der Waals surface area contributed by atoms with Gasteiger partial charge >= 0.3 is 11.9 Å². The number of hydrogen-bond acceptors (Lipinski definition) is 18. The summed E-state index contributed by atoms with van der Waals surface area (Å²) in [6, 6.07) is 31.6. The van der Waals surface area contributed by atoms with E-state index in [1.807, 2.05) is 91.0 Å². The normalized spacial score (nSPS) is 12.2. The van der Waals surface area contributed by atoms with Gasteiger partial charge in [0.05, 0.1) is 29.9 Å². The van der Waals surface area contributed by atoms with Gasteiger partial charge in [0.25, 0.3) is 0 Å². The Morgan fingerprint density at radius 3 is 1.35 bits per heavy atom. The Bertz CT molecular complexity index is 2730. The van der Waals surface area contributed by atoms with Crippen LogP contribution in [0.3, 0.4) is 0 Å². The zero-order chi connectivity index (χ0) is 50.0. The van der Waals surface area contributed by atoms with Crippen LogP contribution in [0.1, 0.15) is 54.2 Å². The topological polar surface area (TPSA) is 201 Å². The summed E-state index contributed by atoms with van der Waals surface area (Å²) in [5.74, 6) is -4.29. The molecule has 18 heteroatoms. The maximum Gasteiger partial charge on any atom is 0.339 e. The maximum atomic E-state index is 14.6. The fourth-order valence-corrected chi connectivity index (χ4v) is 7.17. The average molecular weight is 977 g/mol. The highest BCUT2D eigenvalue weighted by molar-refractivity contribution is 6.08. The third-order valence-electron chi connectivity index (χ3n) is 10.4. The summed E-state index contributed by atoms with van der Waals surface area (Å²) in [6.45, 7) is -2.03. The summed E-state index contributed by atoms with van der Waals surface area (Å²) in [5, 5.41) is 12.3. The average Bonchev–Trinajstić information content (AvgIpc) is 3.42. The molecule has 7 rings (SSSR count). The predicted molar refractivity (Wildman–Crippen MR) is 253 cm³/mol. The van der Waals surface area contributed by atoms with Gasteiger partial charge in [-0.25, -0.2) is 9.59 Å². The van der Waals surface area contributed by atoms with E-state index >= 15 is 0 Å². The van der Waals surface area contributed by atoms with Gasteiger partial charge in [-0.15, -0.1) is 0 Å². The number of phenols is 1. The van der Waals surface area contributed by atoms with E-state index in [4.69, 9.17) is 66.3 Å². The second-order valence-corrected chi connectivity index (χ2v) is 15.3. The van der Waals surface area contributed by atoms with Gasteiger partial charge in [-0.1, -0.05) is 91.0 Å². The number of benzene rings is 6. The second kappa shape index (κ2) is 25.5. The van der Waals surface area contributed by atoms with Crippen molar-refractivity contribution in [1.82, 2.24) is 0 Å². The van der Waals surface area contributed by atoms with Crippen molar-refractivity contribution in [3.8, 4) is 68.6 Å². The predicted octanol–water partition coefficient (Wildman–Crippen LogP) is 9.05. The Labute approximate surface area is 409 Å². The van der Waals surface area contributed by atoms with E-state index in [-0.39, 0.29) is 120 Å². The molecule has 1 aliphatic heterocycles. The van der Waals surface area contributed by atoms with Crippen LogP contribution >= 0.6 is 0 Å². The van der Waals surface area contributed by atoms with Crippen molar-refractivity contribution in [3.63, 3.8) is 0 Å². The van der Waals surface area contributed by atoms with E-state index in [9.17, 15) is 19.5 Å². The SMILES string of the molecule is COCOc1cc2c(c(OCOC)c1OCc1ccccc1)-c1c(cc(OCOC)c(Oc3c(C=O)cc(OCc4ccccc4)c(OCc4ccccc4)c3O)c1OCOC)C(=O)OCCCOC2=O. The first-order valence-electron chi connectivity index (χ1n) is 22.1. The van der Waals surface area contributed by atoms with Crippen molar-refractivity contribution < 1.29 is 85.8 Å². The van der Waals surface area contributed by atoms with E-state index in [1.54, 1.807) is 0 Å². The number of fused-ring (bicyclic) bond motifs is 3. The molecule has 0 bridgehead atoms. The standard InChI is InChI=1S/C53H52O18/c1-58-30-67-41-24-38-43(50(69-32-60-3)48(41)66-29-36-19-12-7-13-20-36)44-39(53(57)63-22-14-21-62-52(38)56)25-42(68-31-59-2)49(51(44)70-33-61-4)71-46-37(26-54)23-40(64-27-34-15-8-5-9-16-34)47(45(46)55)65-28-35-17-10-6-11-18-35/h5-13,15-20,23-26,55H,14,21-22,27-33H2,1-4H3. The number of carbonyl (C=O) groups is 3. The van der Waals surface area contributed by atoms with Crippen LogP contribution in [0.2, 0.25) is 0 Å². The Hall–Kier alpha value is -8.03. The molecular formula is C53H52O18. The van der Waals surface area contributed by atoms with Gasteiger partial charge in [0.1, 0.15) is 19.8 Å². The number of carbonyl (C=O) groups excluding carboxylic acids is 3. The summed E-state index contributed by atoms with van der Waals surface area (Å²) in [7, 11) is 5.50. The van der Waals surface area contributed by atoms with E-state index in [0.29, 0.717) is 6.29 Å². The van der Waals surface area contributed by atoms with Crippen LogP contribution in [0, 0.1) is 0 Å². The third-order valence-corrected chi connectivity index (χ3v) is 10.4. The Morgan fingerprint density at radius 1 is 0.479 bits per heavy atom. The van der Waals surface area contributed by atoms with Gasteiger partial charge in [0.2, 0.25) is 23.0 Å². The van der Waals surface area contributed by atoms with Crippen LogP contribution in [0.4, 0.5) is 0 Å². The molecule has 0 atom stereocenters. The van der Waals surface area contributed by atoms with Gasteiger partial charge in [0.15, 0.2) is 68.0 Å². The smallest absolute Gasteiger partial charge is 0.339 e. The van der Waals surface area contributed by atoms with E-state index < -0.39 is 43.8 Å². The molecule has 71 heavy (non-hydrogen) atoms. The van der Waals surface area contributed by atoms with Crippen molar-refractivity contribution in [1.29, 1.82) is 0 Å². The van der Waals surface area contributed by atoms with Crippen molar-refractivity contribution in [2.75, 3.05) is 68.8 Å². The number of esters is 2. The lowest BCUT2D eigenvalue weighted by Gasteiger charge is -2.26. The molecule has 18 nitrogen and oxygen atoms in total. The number of methoxy groups -OCH3 is 4. The quantitative estimate of drug-likeness (QED) is 0.0342. The Balaban J connectivity index is 1.54. The molecule has 6 aromatic carbocycles. The van der Waals surface area contributed by atoms with Gasteiger partial charge < -0.3 is 71.4 Å². The van der Waals surface area contributed by atoms with E-state index in [1.165, 1.54) is 46.6 Å². The summed E-state index contributed by atoms with van der Waals surface area (Å²) in [5.41, 5.74) is 1.26. The molecule has 1 heterocycles. The van der Waals surface area contributed by atoms with Crippen LogP contribution in [0.25, 0.3) is 11.1 Å². The van der Waals surface area contributed by atoms with Gasteiger partial charge in [0, 0.05) is 46.0 Å². The Kier molecular flexibility index (Phi) is 18.3. The molecule has 0 unspecified atom stereocenters. The van der Waals surface area contributed by atoms with Gasteiger partial charge in [-0.2, -0.15) is 0 Å². The number of aldehydes is 1. The molecule has 372 valence electrons. The molecule has 1 N–H and O–H groups in total. The van der Waals surface area contributed by atoms with Gasteiger partial charge in [-0.3, -0.25) is 4.79 Å². The van der Waals surface area contributed by atoms with Crippen LogP contribution < -0.4 is 37.9 Å². The fraction of sp³-hybridized carbons (Fsp3) is 0.264. The molecule has 0 saturated carbocycles. The summed E-state index contributed by atoms with van der Waals surface area (Å²) >= 11 is 0. The summed E-state index contributed by atoms with van der Waals surface area (Å²) in [4.78, 5) is 42.2. The number of ether oxygens (including phenoxy) is 14. The van der Waals surface area contributed by atoms with Crippen LogP contribution in [0.15, 0.2) is 109 Å². The highest BCUT2D eigenvalue weighted by Gasteiger charge is 2.37. The molecular weight excluding hydrogens is 925 g/mol. The largest absolute Gasteiger partial charge is 0.502 e. The molecule has 0 spiro atoms. The summed E-state index contributed by atoms with van der Waals surface area (Å²) < 4.78 is 83.3. The lowest BCUT2D eigenvalue weighted by atomic mass is 9.91. The minimum absolute atomic E-state index is 0.00894. The first-order valence-corrected chi connectivity index (χ1v) is 22.1. The first-order chi connectivity index (χ1) is 34.8. The van der Waals surface area contributed by atoms with Crippen molar-refractivity contribution in [3.05, 3.63) is 143 Å². The monoisotopic (exact) mass is 976 g/mol. The highest BCUT2D eigenvalue weighted by Crippen LogP contribution is 2.57. The zero-order valence-electron chi connectivity index (χ0n) is 39.4. The Morgan fingerprint density at radius 2 is 0.887 bits per heavy atom. The molecule has 0 radical (unpaired) electrons. The zero-order valence-corrected chi connectivity index (χ0v) is 39.4. The van der Waals surface area contributed by atoms with Crippen LogP contribution in [0.5, 0.6) is 57.5 Å². The highest BCUT2D eigenvalue weighted by atomic mass is 16.7. The molecule has 0 amide bonds. The van der Waals surface area contributed by atoms with Crippen LogP contribution in [-0.2, 0) is 48.2 Å². The number of rotatable bonds is 24. The molecule has 0 saturated heterocycles. The molecule has 6 aromatic rings. The molecule has 0 aliphatic carbocycles. The minimum Gasteiger partial charge on any atom is -0.502 e. The number of hydrogen-bond donors (Lipinski definition) is 1. The maximum absolute atomic E-state index is 14.6. The number of aromatic hydroxyl groups is 1. The summed E-state index contributed by atoms with van der Waals surface area (Å²) in [6.07, 6.45) is 0.564. The lowest BCUT2D eigenvalue weighted by molar-refractivity contribution is 0.0372. The van der Waals surface area contributed by atoms with Gasteiger partial charge in [-0.05, 0) is 34.9 Å². The van der Waals surface area contributed by atoms with Crippen molar-refractivity contribution in [2.45, 2.75) is 26.2 Å². The van der Waals surface area contributed by atoms with Crippen molar-refractivity contribution in [2.24, 2.45) is 0 Å². The first kappa shape index (κ1) is 50.8. The molecule has 0 fully saturated rings. The fourth-order valence-electron chi connectivity index (χ4n) is 7.17. The molecule has 0 aromatic heterocycles. The number of cyclic esters (lactones) is 2. The van der Waals surface area contributed by atoms with E-state index in [2.05, 4.69) is 0 Å². The second-order valence-electron chi connectivity index (χ2n) is 15.3. The third kappa shape index (κ3) is 12.6. The van der Waals surface area contributed by atoms with Crippen molar-refractivity contribution >= 4 is 18.2 Å². The lowest BCUT2D eigenvalue weighted by Crippen LogP contribution is -2.15. The minimum atomic E-state index is -0.909. The van der Waals surface area contributed by atoms with E-state index in [0.717, 1.165) is 16.7 Å². The number of phenolic OH excluding ortho intramolecular Hbond substituents is 1. The molecule has 1 aliphatic rings. The van der Waals surface area contributed by atoms with Crippen LogP contribution in [-0.4, -0.2) is 92.2 Å².